The lowest BCUT2D eigenvalue weighted by atomic mass is 9.96. The Bertz CT molecular complexity index is 769. The van der Waals surface area contributed by atoms with Crippen LogP contribution in [0.15, 0.2) is 42.6 Å². The van der Waals surface area contributed by atoms with Gasteiger partial charge in [0.2, 0.25) is 0 Å². The molecular formula is C21H26N4O. The Morgan fingerprint density at radius 1 is 1.12 bits per heavy atom. The largest absolute Gasteiger partial charge is 0.341 e. The van der Waals surface area contributed by atoms with Crippen molar-refractivity contribution in [2.75, 3.05) is 6.54 Å². The molecule has 5 heteroatoms. The number of rotatable bonds is 6. The number of aldehydes is 1. The van der Waals surface area contributed by atoms with Crippen LogP contribution >= 0.6 is 0 Å². The van der Waals surface area contributed by atoms with Gasteiger partial charge in [0.05, 0.1) is 17.6 Å². The Morgan fingerprint density at radius 2 is 2.00 bits per heavy atom. The highest BCUT2D eigenvalue weighted by Gasteiger charge is 2.07. The molecule has 1 aliphatic rings. The first-order valence-corrected chi connectivity index (χ1v) is 9.37. The second-order valence-corrected chi connectivity index (χ2v) is 6.50. The molecule has 4 rings (SSSR count). The van der Waals surface area contributed by atoms with E-state index in [-0.39, 0.29) is 0 Å². The number of carbonyl (C=O) groups is 1. The van der Waals surface area contributed by atoms with E-state index in [0.717, 1.165) is 36.1 Å². The van der Waals surface area contributed by atoms with Crippen LogP contribution in [0.5, 0.6) is 0 Å². The number of para-hydroxylation sites is 2. The maximum Gasteiger partial charge on any atom is 0.121 e. The van der Waals surface area contributed by atoms with Crippen molar-refractivity contribution >= 4 is 17.3 Å². The number of aromatic amines is 1. The molecule has 0 fully saturated rings. The molecule has 1 aliphatic carbocycles. The van der Waals surface area contributed by atoms with Crippen LogP contribution in [0.25, 0.3) is 11.0 Å². The topological polar surface area (TPSA) is 70.7 Å². The van der Waals surface area contributed by atoms with Gasteiger partial charge in [0, 0.05) is 18.3 Å². The maximum absolute atomic E-state index is 10.1. The molecule has 0 spiro atoms. The molecule has 1 aromatic carbocycles. The number of benzene rings is 1. The minimum atomic E-state index is 0.618. The average Bonchev–Trinajstić information content (AvgIpc) is 3.11. The zero-order valence-corrected chi connectivity index (χ0v) is 15.1. The number of aryl methyl sites for hydroxylation is 2. The maximum atomic E-state index is 10.1. The van der Waals surface area contributed by atoms with Crippen molar-refractivity contribution in [2.45, 2.75) is 45.1 Å². The van der Waals surface area contributed by atoms with Gasteiger partial charge in [-0.2, -0.15) is 0 Å². The number of unbranched alkanes of at least 4 members (excludes halogenated alkanes) is 1. The summed E-state index contributed by atoms with van der Waals surface area (Å²) in [5.41, 5.74) is 4.85. The summed E-state index contributed by atoms with van der Waals surface area (Å²) in [4.78, 5) is 22.1. The van der Waals surface area contributed by atoms with Crippen LogP contribution in [-0.2, 0) is 24.2 Å². The van der Waals surface area contributed by atoms with Crippen molar-refractivity contribution in [2.24, 2.45) is 0 Å². The molecule has 0 saturated heterocycles. The van der Waals surface area contributed by atoms with Crippen LogP contribution < -0.4 is 5.32 Å². The summed E-state index contributed by atoms with van der Waals surface area (Å²) in [5, 5.41) is 3.24. The van der Waals surface area contributed by atoms with E-state index in [1.165, 1.54) is 36.9 Å². The van der Waals surface area contributed by atoms with Crippen molar-refractivity contribution in [1.82, 2.24) is 20.3 Å². The van der Waals surface area contributed by atoms with Crippen LogP contribution in [0.2, 0.25) is 0 Å². The molecule has 0 atom stereocenters. The zero-order chi connectivity index (χ0) is 18.0. The van der Waals surface area contributed by atoms with Gasteiger partial charge >= 0.3 is 0 Å². The molecule has 2 heterocycles. The monoisotopic (exact) mass is 350 g/mol. The van der Waals surface area contributed by atoms with E-state index in [4.69, 9.17) is 0 Å². The van der Waals surface area contributed by atoms with Crippen molar-refractivity contribution in [3.8, 4) is 0 Å². The molecular weight excluding hydrogens is 324 g/mol. The standard InChI is InChI=1S/C12H15N3O.C9H11N/c16-8-4-3-7-13-9-12-14-10-5-1-2-6-11(10)15-12;1-2-6-9-8(4-1)5-3-7-10-9/h1-2,5-6,8,13H,3-4,7,9H2,(H,14,15);3,5,7H,1-2,4,6H2. The third kappa shape index (κ3) is 5.23. The SMILES string of the molecule is O=CCCCNCc1nc2ccccc2[nH]1.c1cnc2c(c1)CCCC2. The number of nitrogens with zero attached hydrogens (tertiary/aromatic N) is 2. The minimum absolute atomic E-state index is 0.618. The Morgan fingerprint density at radius 3 is 2.85 bits per heavy atom. The first-order valence-electron chi connectivity index (χ1n) is 9.37. The summed E-state index contributed by atoms with van der Waals surface area (Å²) in [6, 6.07) is 12.2. The lowest BCUT2D eigenvalue weighted by Gasteiger charge is -2.12. The fourth-order valence-electron chi connectivity index (χ4n) is 3.14. The highest BCUT2D eigenvalue weighted by atomic mass is 16.1. The Balaban J connectivity index is 0.000000167. The van der Waals surface area contributed by atoms with E-state index >= 15 is 0 Å². The van der Waals surface area contributed by atoms with Crippen molar-refractivity contribution in [3.05, 3.63) is 59.7 Å². The summed E-state index contributed by atoms with van der Waals surface area (Å²) in [7, 11) is 0. The first-order chi connectivity index (χ1) is 12.9. The van der Waals surface area contributed by atoms with Gasteiger partial charge in [-0.15, -0.1) is 0 Å². The fourth-order valence-corrected chi connectivity index (χ4v) is 3.14. The van der Waals surface area contributed by atoms with Gasteiger partial charge < -0.3 is 15.1 Å². The fraction of sp³-hybridized carbons (Fsp3) is 0.381. The molecule has 2 N–H and O–H groups in total. The summed E-state index contributed by atoms with van der Waals surface area (Å²) < 4.78 is 0. The molecule has 2 aromatic heterocycles. The number of aromatic nitrogens is 3. The highest BCUT2D eigenvalue weighted by Crippen LogP contribution is 2.17. The Kier molecular flexibility index (Phi) is 6.90. The molecule has 3 aromatic rings. The van der Waals surface area contributed by atoms with E-state index < -0.39 is 0 Å². The number of hydrogen-bond acceptors (Lipinski definition) is 4. The van der Waals surface area contributed by atoms with Gasteiger partial charge in [-0.1, -0.05) is 18.2 Å². The lowest BCUT2D eigenvalue weighted by molar-refractivity contribution is -0.107. The second kappa shape index (κ2) is 9.82. The van der Waals surface area contributed by atoms with Crippen molar-refractivity contribution in [1.29, 1.82) is 0 Å². The average molecular weight is 350 g/mol. The van der Waals surface area contributed by atoms with Gasteiger partial charge in [0.25, 0.3) is 0 Å². The van der Waals surface area contributed by atoms with Gasteiger partial charge in [0.1, 0.15) is 12.1 Å². The van der Waals surface area contributed by atoms with Crippen LogP contribution in [0.3, 0.4) is 0 Å². The summed E-state index contributed by atoms with van der Waals surface area (Å²) >= 11 is 0. The third-order valence-corrected chi connectivity index (χ3v) is 4.50. The molecule has 26 heavy (non-hydrogen) atoms. The van der Waals surface area contributed by atoms with E-state index in [2.05, 4.69) is 26.3 Å². The second-order valence-electron chi connectivity index (χ2n) is 6.50. The molecule has 0 aliphatic heterocycles. The van der Waals surface area contributed by atoms with Gasteiger partial charge in [-0.3, -0.25) is 4.98 Å². The molecule has 0 radical (unpaired) electrons. The predicted octanol–water partition coefficient (Wildman–Crippen LogP) is 3.59. The summed E-state index contributed by atoms with van der Waals surface area (Å²) in [5.74, 6) is 0.937. The van der Waals surface area contributed by atoms with Gasteiger partial charge in [-0.25, -0.2) is 4.98 Å². The number of carbonyl (C=O) groups excluding carboxylic acids is 1. The molecule has 136 valence electrons. The normalized spacial score (nSPS) is 12.9. The molecule has 0 unspecified atom stereocenters. The number of fused-ring (bicyclic) bond motifs is 2. The number of hydrogen-bond donors (Lipinski definition) is 2. The summed E-state index contributed by atoms with van der Waals surface area (Å²) in [6.07, 6.45) is 9.44. The van der Waals surface area contributed by atoms with E-state index in [9.17, 15) is 4.79 Å². The number of H-pyrrole nitrogens is 1. The van der Waals surface area contributed by atoms with Gasteiger partial charge in [0.15, 0.2) is 0 Å². The third-order valence-electron chi connectivity index (χ3n) is 4.50. The van der Waals surface area contributed by atoms with Crippen LogP contribution in [0.4, 0.5) is 0 Å². The Hall–Kier alpha value is -2.53. The smallest absolute Gasteiger partial charge is 0.121 e. The predicted molar refractivity (Wildman–Crippen MR) is 104 cm³/mol. The van der Waals surface area contributed by atoms with Crippen molar-refractivity contribution in [3.63, 3.8) is 0 Å². The van der Waals surface area contributed by atoms with Gasteiger partial charge in [-0.05, 0) is 62.4 Å². The highest BCUT2D eigenvalue weighted by molar-refractivity contribution is 5.74. The first kappa shape index (κ1) is 18.3. The minimum Gasteiger partial charge on any atom is -0.341 e. The van der Waals surface area contributed by atoms with Crippen LogP contribution in [0, 0.1) is 0 Å². The van der Waals surface area contributed by atoms with Crippen LogP contribution in [0.1, 0.15) is 42.8 Å². The van der Waals surface area contributed by atoms with Crippen molar-refractivity contribution < 1.29 is 4.79 Å². The molecule has 5 nitrogen and oxygen atoms in total. The molecule has 0 amide bonds. The quantitative estimate of drug-likeness (QED) is 0.526. The number of imidazole rings is 1. The number of nitrogens with one attached hydrogen (secondary N) is 2. The van der Waals surface area contributed by atoms with E-state index in [1.54, 1.807) is 0 Å². The van der Waals surface area contributed by atoms with E-state index in [1.807, 2.05) is 36.5 Å². The zero-order valence-electron chi connectivity index (χ0n) is 15.1. The summed E-state index contributed by atoms with van der Waals surface area (Å²) in [6.45, 7) is 1.56. The number of pyridine rings is 1. The van der Waals surface area contributed by atoms with E-state index in [0.29, 0.717) is 13.0 Å². The van der Waals surface area contributed by atoms with Crippen LogP contribution in [-0.4, -0.2) is 27.8 Å². The lowest BCUT2D eigenvalue weighted by Crippen LogP contribution is -2.15. The molecule has 0 bridgehead atoms. The molecule has 0 saturated carbocycles. The Labute approximate surface area is 154 Å².